The largest absolute Gasteiger partial charge is 0.354 e. The molecule has 0 aromatic carbocycles. The van der Waals surface area contributed by atoms with Gasteiger partial charge in [0.25, 0.3) is 0 Å². The highest BCUT2D eigenvalue weighted by atomic mass is 15.2. The van der Waals surface area contributed by atoms with Gasteiger partial charge in [0.2, 0.25) is 5.95 Å². The van der Waals surface area contributed by atoms with Crippen molar-refractivity contribution in [1.29, 1.82) is 0 Å². The van der Waals surface area contributed by atoms with E-state index in [-0.39, 0.29) is 0 Å². The summed E-state index contributed by atoms with van der Waals surface area (Å²) in [5.41, 5.74) is 0. The Labute approximate surface area is 103 Å². The minimum absolute atomic E-state index is 0.572. The van der Waals surface area contributed by atoms with Gasteiger partial charge in [0.1, 0.15) is 5.82 Å². The normalized spacial score (nSPS) is 24.8. The van der Waals surface area contributed by atoms with Gasteiger partial charge in [0, 0.05) is 25.3 Å². The summed E-state index contributed by atoms with van der Waals surface area (Å²) < 4.78 is 0. The fourth-order valence-corrected chi connectivity index (χ4v) is 2.50. The quantitative estimate of drug-likeness (QED) is 0.872. The molecule has 0 saturated carbocycles. The zero-order chi connectivity index (χ0) is 12.3. The van der Waals surface area contributed by atoms with Crippen LogP contribution in [-0.2, 0) is 0 Å². The molecule has 2 heterocycles. The molecule has 0 bridgehead atoms. The number of aromatic nitrogens is 2. The molecule has 4 nitrogen and oxygen atoms in total. The Hall–Kier alpha value is -1.32. The lowest BCUT2D eigenvalue weighted by atomic mass is 9.93. The first-order valence-electron chi connectivity index (χ1n) is 6.54. The fourth-order valence-electron chi connectivity index (χ4n) is 2.50. The zero-order valence-corrected chi connectivity index (χ0v) is 11.0. The summed E-state index contributed by atoms with van der Waals surface area (Å²) in [5, 5.41) is 3.16. The van der Waals surface area contributed by atoms with E-state index in [9.17, 15) is 0 Å². The first-order chi connectivity index (χ1) is 8.20. The highest BCUT2D eigenvalue weighted by molar-refractivity contribution is 5.43. The van der Waals surface area contributed by atoms with Crippen LogP contribution in [-0.4, -0.2) is 29.1 Å². The van der Waals surface area contributed by atoms with Crippen LogP contribution in [0.15, 0.2) is 12.3 Å². The molecule has 2 rings (SSSR count). The second-order valence-electron chi connectivity index (χ2n) is 4.94. The lowest BCUT2D eigenvalue weighted by molar-refractivity contribution is 0.376. The molecular weight excluding hydrogens is 212 g/mol. The Balaban J connectivity index is 2.13. The van der Waals surface area contributed by atoms with Gasteiger partial charge in [0.05, 0.1) is 0 Å². The number of rotatable bonds is 3. The Kier molecular flexibility index (Phi) is 3.82. The van der Waals surface area contributed by atoms with Gasteiger partial charge in [-0.3, -0.25) is 0 Å². The molecule has 94 valence electrons. The predicted molar refractivity (Wildman–Crippen MR) is 71.4 cm³/mol. The van der Waals surface area contributed by atoms with Crippen molar-refractivity contribution in [1.82, 2.24) is 9.97 Å². The van der Waals surface area contributed by atoms with E-state index >= 15 is 0 Å². The summed E-state index contributed by atoms with van der Waals surface area (Å²) >= 11 is 0. The molecule has 1 N–H and O–H groups in total. The molecule has 1 fully saturated rings. The fraction of sp³-hybridized carbons (Fsp3) is 0.692. The van der Waals surface area contributed by atoms with Crippen molar-refractivity contribution in [3.05, 3.63) is 12.3 Å². The van der Waals surface area contributed by atoms with E-state index in [1.54, 1.807) is 0 Å². The minimum Gasteiger partial charge on any atom is -0.354 e. The van der Waals surface area contributed by atoms with Crippen LogP contribution >= 0.6 is 0 Å². The topological polar surface area (TPSA) is 41.1 Å². The molecule has 1 aliphatic rings. The predicted octanol–water partition coefficient (Wildman–Crippen LogP) is 2.53. The van der Waals surface area contributed by atoms with Crippen molar-refractivity contribution in [2.75, 3.05) is 23.3 Å². The first-order valence-corrected chi connectivity index (χ1v) is 6.54. The van der Waals surface area contributed by atoms with E-state index in [0.717, 1.165) is 30.8 Å². The van der Waals surface area contributed by atoms with Crippen molar-refractivity contribution in [2.45, 2.75) is 39.7 Å². The van der Waals surface area contributed by atoms with Gasteiger partial charge in [0.15, 0.2) is 0 Å². The molecule has 4 heteroatoms. The molecule has 0 spiro atoms. The van der Waals surface area contributed by atoms with E-state index in [4.69, 9.17) is 0 Å². The average molecular weight is 234 g/mol. The van der Waals surface area contributed by atoms with Crippen molar-refractivity contribution in [3.8, 4) is 0 Å². The van der Waals surface area contributed by atoms with Gasteiger partial charge in [-0.05, 0) is 38.7 Å². The van der Waals surface area contributed by atoms with Gasteiger partial charge in [-0.2, -0.15) is 4.98 Å². The molecule has 0 radical (unpaired) electrons. The van der Waals surface area contributed by atoms with Crippen LogP contribution < -0.4 is 10.2 Å². The maximum absolute atomic E-state index is 4.57. The van der Waals surface area contributed by atoms with E-state index in [1.165, 1.54) is 12.8 Å². The number of anilines is 2. The Morgan fingerprint density at radius 1 is 1.47 bits per heavy atom. The number of hydrogen-bond donors (Lipinski definition) is 1. The first kappa shape index (κ1) is 12.1. The number of hydrogen-bond acceptors (Lipinski definition) is 4. The average Bonchev–Trinajstić information content (AvgIpc) is 2.29. The molecule has 1 saturated heterocycles. The van der Waals surface area contributed by atoms with Crippen molar-refractivity contribution >= 4 is 11.8 Å². The lowest BCUT2D eigenvalue weighted by Crippen LogP contribution is -2.40. The molecule has 17 heavy (non-hydrogen) atoms. The van der Waals surface area contributed by atoms with Crippen molar-refractivity contribution in [3.63, 3.8) is 0 Å². The summed E-state index contributed by atoms with van der Waals surface area (Å²) in [7, 11) is 0. The molecule has 0 amide bonds. The Morgan fingerprint density at radius 3 is 3.00 bits per heavy atom. The molecule has 2 atom stereocenters. The van der Waals surface area contributed by atoms with E-state index < -0.39 is 0 Å². The smallest absolute Gasteiger partial charge is 0.224 e. The van der Waals surface area contributed by atoms with Crippen LogP contribution in [0.3, 0.4) is 0 Å². The maximum Gasteiger partial charge on any atom is 0.224 e. The number of piperidine rings is 1. The highest BCUT2D eigenvalue weighted by Crippen LogP contribution is 2.26. The highest BCUT2D eigenvalue weighted by Gasteiger charge is 2.23. The monoisotopic (exact) mass is 234 g/mol. The van der Waals surface area contributed by atoms with Crippen LogP contribution in [0, 0.1) is 5.92 Å². The van der Waals surface area contributed by atoms with E-state index in [2.05, 4.69) is 41.0 Å². The second kappa shape index (κ2) is 5.34. The molecule has 0 aliphatic carbocycles. The van der Waals surface area contributed by atoms with Gasteiger partial charge >= 0.3 is 0 Å². The maximum atomic E-state index is 4.57. The van der Waals surface area contributed by atoms with Crippen LogP contribution in [0.4, 0.5) is 11.8 Å². The van der Waals surface area contributed by atoms with E-state index in [1.807, 2.05) is 12.3 Å². The van der Waals surface area contributed by atoms with Crippen LogP contribution in [0.25, 0.3) is 0 Å². The number of nitrogens with one attached hydrogen (secondary N) is 1. The summed E-state index contributed by atoms with van der Waals surface area (Å²) in [6, 6.07) is 2.58. The van der Waals surface area contributed by atoms with Gasteiger partial charge in [-0.15, -0.1) is 0 Å². The van der Waals surface area contributed by atoms with Crippen molar-refractivity contribution < 1.29 is 0 Å². The van der Waals surface area contributed by atoms with Crippen LogP contribution in [0.2, 0.25) is 0 Å². The SMILES string of the molecule is CCNc1nccc(N2CCC(C)CC2C)n1. The van der Waals surface area contributed by atoms with Crippen molar-refractivity contribution in [2.24, 2.45) is 5.92 Å². The zero-order valence-electron chi connectivity index (χ0n) is 11.0. The standard InChI is InChI=1S/C13H22N4/c1-4-14-13-15-7-5-12(16-13)17-8-6-10(2)9-11(17)3/h5,7,10-11H,4,6,8-9H2,1-3H3,(H,14,15,16). The third-order valence-electron chi connectivity index (χ3n) is 3.41. The second-order valence-corrected chi connectivity index (χ2v) is 4.94. The van der Waals surface area contributed by atoms with Crippen LogP contribution in [0.1, 0.15) is 33.6 Å². The van der Waals surface area contributed by atoms with Gasteiger partial charge < -0.3 is 10.2 Å². The molecule has 1 aromatic heterocycles. The van der Waals surface area contributed by atoms with Gasteiger partial charge in [-0.25, -0.2) is 4.98 Å². The summed E-state index contributed by atoms with van der Waals surface area (Å²) in [5.74, 6) is 2.61. The third-order valence-corrected chi connectivity index (χ3v) is 3.41. The summed E-state index contributed by atoms with van der Waals surface area (Å²) in [6.07, 6.45) is 4.34. The molecular formula is C13H22N4. The van der Waals surface area contributed by atoms with Gasteiger partial charge in [-0.1, -0.05) is 6.92 Å². The number of nitrogens with zero attached hydrogens (tertiary/aromatic N) is 3. The van der Waals surface area contributed by atoms with E-state index in [0.29, 0.717) is 6.04 Å². The summed E-state index contributed by atoms with van der Waals surface area (Å²) in [4.78, 5) is 11.2. The lowest BCUT2D eigenvalue weighted by Gasteiger charge is -2.37. The molecule has 2 unspecified atom stereocenters. The minimum atomic E-state index is 0.572. The summed E-state index contributed by atoms with van der Waals surface area (Å²) in [6.45, 7) is 8.63. The molecule has 1 aromatic rings. The molecule has 1 aliphatic heterocycles. The Bertz CT molecular complexity index is 366. The Morgan fingerprint density at radius 2 is 2.29 bits per heavy atom. The third kappa shape index (κ3) is 2.87. The van der Waals surface area contributed by atoms with Crippen LogP contribution in [0.5, 0.6) is 0 Å².